The summed E-state index contributed by atoms with van der Waals surface area (Å²) in [6.07, 6.45) is -0.114. The number of aryl methyl sites for hydroxylation is 1. The number of Topliss-reactive ketones (excluding diaryl/α,β-unsaturated/α-hetero) is 1. The van der Waals surface area contributed by atoms with Crippen molar-refractivity contribution in [3.05, 3.63) is 70.5 Å². The number of carbonyl (C=O) groups is 3. The SMILES string of the molecule is CN[C@@H](C)C(=O)N[C@H](C(=O)N1Cc2ccccc2[C@H]1C(=O)Cc1c(C)cccc1F)C(C)C. The summed E-state index contributed by atoms with van der Waals surface area (Å²) in [5, 5.41) is 5.70. The van der Waals surface area contributed by atoms with Crippen molar-refractivity contribution in [1.29, 1.82) is 0 Å². The molecule has 1 heterocycles. The number of fused-ring (bicyclic) bond motifs is 1. The average Bonchev–Trinajstić information content (AvgIpc) is 3.18. The number of nitrogens with one attached hydrogen (secondary N) is 2. The zero-order valence-corrected chi connectivity index (χ0v) is 19.8. The molecule has 2 amide bonds. The molecule has 7 heteroatoms. The Bertz CT molecular complexity index is 1030. The maximum atomic E-state index is 14.4. The number of halogens is 1. The van der Waals surface area contributed by atoms with E-state index in [-0.39, 0.29) is 36.5 Å². The van der Waals surface area contributed by atoms with E-state index in [0.717, 1.165) is 11.1 Å². The van der Waals surface area contributed by atoms with Gasteiger partial charge in [-0.3, -0.25) is 14.4 Å². The van der Waals surface area contributed by atoms with Crippen LogP contribution in [0.5, 0.6) is 0 Å². The lowest BCUT2D eigenvalue weighted by molar-refractivity contribution is -0.143. The minimum Gasteiger partial charge on any atom is -0.343 e. The largest absolute Gasteiger partial charge is 0.343 e. The van der Waals surface area contributed by atoms with E-state index in [1.54, 1.807) is 33.0 Å². The lowest BCUT2D eigenvalue weighted by Gasteiger charge is -2.31. The minimum atomic E-state index is -0.826. The first-order valence-corrected chi connectivity index (χ1v) is 11.3. The fourth-order valence-corrected chi connectivity index (χ4v) is 4.20. The van der Waals surface area contributed by atoms with Gasteiger partial charge in [-0.25, -0.2) is 4.39 Å². The molecule has 0 aliphatic carbocycles. The van der Waals surface area contributed by atoms with Gasteiger partial charge < -0.3 is 15.5 Å². The molecule has 2 aromatic carbocycles. The monoisotopic (exact) mass is 453 g/mol. The molecule has 3 rings (SSSR count). The first-order valence-electron chi connectivity index (χ1n) is 11.3. The standard InChI is InChI=1S/C26H32FN3O3/c1-15(2)23(29-25(32)17(4)28-5)26(33)30-14-18-10-6-7-11-19(18)24(30)22(31)13-20-16(3)9-8-12-21(20)27/h6-12,15,17,23-24,28H,13-14H2,1-5H3,(H,29,32)/t17-,23-,24-/m0/s1. The maximum Gasteiger partial charge on any atom is 0.246 e. The summed E-state index contributed by atoms with van der Waals surface area (Å²) < 4.78 is 14.4. The van der Waals surface area contributed by atoms with Gasteiger partial charge >= 0.3 is 0 Å². The lowest BCUT2D eigenvalue weighted by Crippen LogP contribution is -2.54. The number of likely N-dealkylation sites (N-methyl/N-ethyl adjacent to an activating group) is 1. The van der Waals surface area contributed by atoms with Crippen LogP contribution in [0.25, 0.3) is 0 Å². The molecule has 0 bridgehead atoms. The topological polar surface area (TPSA) is 78.5 Å². The number of nitrogens with zero attached hydrogens (tertiary/aromatic N) is 1. The van der Waals surface area contributed by atoms with Gasteiger partial charge in [0, 0.05) is 13.0 Å². The van der Waals surface area contributed by atoms with E-state index < -0.39 is 23.9 Å². The van der Waals surface area contributed by atoms with Crippen molar-refractivity contribution < 1.29 is 18.8 Å². The fraction of sp³-hybridized carbons (Fsp3) is 0.423. The van der Waals surface area contributed by atoms with Crippen molar-refractivity contribution in [3.63, 3.8) is 0 Å². The van der Waals surface area contributed by atoms with Crippen molar-refractivity contribution in [2.24, 2.45) is 5.92 Å². The van der Waals surface area contributed by atoms with Crippen LogP contribution in [-0.2, 0) is 27.3 Å². The van der Waals surface area contributed by atoms with Crippen molar-refractivity contribution >= 4 is 17.6 Å². The molecule has 2 aromatic rings. The van der Waals surface area contributed by atoms with Crippen LogP contribution in [0.3, 0.4) is 0 Å². The summed E-state index contributed by atoms with van der Waals surface area (Å²) in [7, 11) is 1.67. The first-order chi connectivity index (χ1) is 15.6. The lowest BCUT2D eigenvalue weighted by atomic mass is 9.94. The zero-order valence-electron chi connectivity index (χ0n) is 19.8. The van der Waals surface area contributed by atoms with Crippen LogP contribution in [0.2, 0.25) is 0 Å². The van der Waals surface area contributed by atoms with E-state index in [0.29, 0.717) is 11.1 Å². The summed E-state index contributed by atoms with van der Waals surface area (Å²) in [5.74, 6) is -1.47. The van der Waals surface area contributed by atoms with E-state index in [9.17, 15) is 18.8 Å². The number of benzene rings is 2. The number of amides is 2. The van der Waals surface area contributed by atoms with Gasteiger partial charge in [0.2, 0.25) is 11.8 Å². The summed E-state index contributed by atoms with van der Waals surface area (Å²) in [6.45, 7) is 7.46. The molecule has 6 nitrogen and oxygen atoms in total. The molecule has 0 radical (unpaired) electrons. The second kappa shape index (κ2) is 10.3. The van der Waals surface area contributed by atoms with Gasteiger partial charge in [0.05, 0.1) is 6.04 Å². The Morgan fingerprint density at radius 3 is 2.42 bits per heavy atom. The number of ketones is 1. The zero-order chi connectivity index (χ0) is 24.3. The summed E-state index contributed by atoms with van der Waals surface area (Å²) in [5.41, 5.74) is 2.67. The van der Waals surface area contributed by atoms with E-state index in [1.165, 1.54) is 11.0 Å². The number of hydrogen-bond donors (Lipinski definition) is 2. The highest BCUT2D eigenvalue weighted by molar-refractivity contribution is 5.96. The Balaban J connectivity index is 1.93. The third-order valence-corrected chi connectivity index (χ3v) is 6.35. The van der Waals surface area contributed by atoms with Crippen LogP contribution in [-0.4, -0.2) is 41.6 Å². The molecule has 0 spiro atoms. The number of hydrogen-bond acceptors (Lipinski definition) is 4. The van der Waals surface area contributed by atoms with Crippen molar-refractivity contribution in [3.8, 4) is 0 Å². The predicted molar refractivity (Wildman–Crippen MR) is 125 cm³/mol. The van der Waals surface area contributed by atoms with Gasteiger partial charge in [0.25, 0.3) is 0 Å². The Hall–Kier alpha value is -3.06. The molecular formula is C26H32FN3O3. The predicted octanol–water partition coefficient (Wildman–Crippen LogP) is 3.08. The Labute approximate surface area is 194 Å². The van der Waals surface area contributed by atoms with Gasteiger partial charge in [-0.15, -0.1) is 0 Å². The second-order valence-corrected chi connectivity index (χ2v) is 8.99. The highest BCUT2D eigenvalue weighted by Crippen LogP contribution is 2.36. The molecule has 0 saturated heterocycles. The van der Waals surface area contributed by atoms with Crippen LogP contribution in [0.4, 0.5) is 4.39 Å². The minimum absolute atomic E-state index is 0.114. The van der Waals surface area contributed by atoms with E-state index in [4.69, 9.17) is 0 Å². The molecular weight excluding hydrogens is 421 g/mol. The maximum absolute atomic E-state index is 14.4. The summed E-state index contributed by atoms with van der Waals surface area (Å²) in [6, 6.07) is 10.1. The van der Waals surface area contributed by atoms with E-state index >= 15 is 0 Å². The molecule has 176 valence electrons. The van der Waals surface area contributed by atoms with Crippen molar-refractivity contribution in [1.82, 2.24) is 15.5 Å². The van der Waals surface area contributed by atoms with Gasteiger partial charge in [0.15, 0.2) is 5.78 Å². The first kappa shape index (κ1) is 24.6. The number of carbonyl (C=O) groups excluding carboxylic acids is 3. The van der Waals surface area contributed by atoms with Crippen LogP contribution < -0.4 is 10.6 Å². The molecule has 0 saturated carbocycles. The number of rotatable bonds is 8. The Kier molecular flexibility index (Phi) is 7.64. The fourth-order valence-electron chi connectivity index (χ4n) is 4.20. The molecule has 0 fully saturated rings. The second-order valence-electron chi connectivity index (χ2n) is 8.99. The highest BCUT2D eigenvalue weighted by atomic mass is 19.1. The molecule has 33 heavy (non-hydrogen) atoms. The molecule has 1 aliphatic heterocycles. The molecule has 2 N–H and O–H groups in total. The van der Waals surface area contributed by atoms with Crippen molar-refractivity contribution in [2.45, 2.75) is 58.8 Å². The third kappa shape index (κ3) is 5.14. The normalized spacial score (nSPS) is 16.9. The molecule has 0 aromatic heterocycles. The van der Waals surface area contributed by atoms with Gasteiger partial charge in [-0.1, -0.05) is 50.2 Å². The highest BCUT2D eigenvalue weighted by Gasteiger charge is 2.41. The van der Waals surface area contributed by atoms with Gasteiger partial charge in [-0.05, 0) is 55.1 Å². The van der Waals surface area contributed by atoms with Crippen LogP contribution in [0.1, 0.15) is 49.1 Å². The van der Waals surface area contributed by atoms with E-state index in [2.05, 4.69) is 10.6 Å². The summed E-state index contributed by atoms with van der Waals surface area (Å²) >= 11 is 0. The summed E-state index contributed by atoms with van der Waals surface area (Å²) in [4.78, 5) is 41.2. The van der Waals surface area contributed by atoms with Gasteiger partial charge in [0.1, 0.15) is 17.9 Å². The quantitative estimate of drug-likeness (QED) is 0.644. The smallest absolute Gasteiger partial charge is 0.246 e. The molecule has 0 unspecified atom stereocenters. The van der Waals surface area contributed by atoms with Crippen molar-refractivity contribution in [2.75, 3.05) is 7.05 Å². The van der Waals surface area contributed by atoms with Crippen LogP contribution >= 0.6 is 0 Å². The van der Waals surface area contributed by atoms with Crippen LogP contribution in [0, 0.1) is 18.7 Å². The van der Waals surface area contributed by atoms with E-state index in [1.807, 2.05) is 38.1 Å². The van der Waals surface area contributed by atoms with Crippen LogP contribution in [0.15, 0.2) is 42.5 Å². The third-order valence-electron chi connectivity index (χ3n) is 6.35. The van der Waals surface area contributed by atoms with Gasteiger partial charge in [-0.2, -0.15) is 0 Å². The molecule has 3 atom stereocenters. The Morgan fingerprint density at radius 1 is 1.09 bits per heavy atom. The Morgan fingerprint density at radius 2 is 1.79 bits per heavy atom. The molecule has 1 aliphatic rings. The average molecular weight is 454 g/mol.